The molecule has 0 aromatic heterocycles. The minimum Gasteiger partial charge on any atom is -0.328 e. The van der Waals surface area contributed by atoms with Crippen LogP contribution in [0.4, 0.5) is 0 Å². The third-order valence-electron chi connectivity index (χ3n) is 3.02. The standard InChI is InChI=1S/C14H23NO2S/c1-4-18(16,17)14-7-5-13(6-8-14)10-11(2)9-12(3)15/h5-8,11-12H,4,9-10,15H2,1-3H3. The molecule has 0 aliphatic rings. The average Bonchev–Trinajstić information content (AvgIpc) is 2.28. The monoisotopic (exact) mass is 269 g/mol. The first-order valence-electron chi connectivity index (χ1n) is 6.42. The third-order valence-corrected chi connectivity index (χ3v) is 4.77. The molecule has 102 valence electrons. The molecule has 0 aliphatic carbocycles. The SMILES string of the molecule is CCS(=O)(=O)c1ccc(CC(C)CC(C)N)cc1. The van der Waals surface area contributed by atoms with E-state index in [1.807, 2.05) is 19.1 Å². The first kappa shape index (κ1) is 15.2. The molecule has 1 aromatic rings. The van der Waals surface area contributed by atoms with Crippen LogP contribution in [0.15, 0.2) is 29.2 Å². The lowest BCUT2D eigenvalue weighted by Gasteiger charge is -2.14. The Hall–Kier alpha value is -0.870. The predicted molar refractivity (Wildman–Crippen MR) is 75.3 cm³/mol. The maximum Gasteiger partial charge on any atom is 0.178 e. The van der Waals surface area contributed by atoms with Crippen LogP contribution in [-0.2, 0) is 16.3 Å². The highest BCUT2D eigenvalue weighted by Gasteiger charge is 2.11. The molecule has 3 nitrogen and oxygen atoms in total. The van der Waals surface area contributed by atoms with Crippen molar-refractivity contribution in [3.05, 3.63) is 29.8 Å². The largest absolute Gasteiger partial charge is 0.328 e. The Balaban J connectivity index is 2.72. The molecule has 4 heteroatoms. The van der Waals surface area contributed by atoms with Gasteiger partial charge in [-0.25, -0.2) is 8.42 Å². The van der Waals surface area contributed by atoms with Gasteiger partial charge in [-0.1, -0.05) is 26.0 Å². The van der Waals surface area contributed by atoms with Crippen LogP contribution in [0.25, 0.3) is 0 Å². The van der Waals surface area contributed by atoms with Crippen molar-refractivity contribution in [1.29, 1.82) is 0 Å². The highest BCUT2D eigenvalue weighted by Crippen LogP contribution is 2.16. The fourth-order valence-electron chi connectivity index (χ4n) is 2.12. The number of sulfone groups is 1. The molecule has 0 spiro atoms. The van der Waals surface area contributed by atoms with E-state index in [9.17, 15) is 8.42 Å². The molecule has 2 N–H and O–H groups in total. The van der Waals surface area contributed by atoms with E-state index in [1.165, 1.54) is 5.56 Å². The molecule has 0 amide bonds. The van der Waals surface area contributed by atoms with E-state index in [1.54, 1.807) is 19.1 Å². The average molecular weight is 269 g/mol. The highest BCUT2D eigenvalue weighted by atomic mass is 32.2. The van der Waals surface area contributed by atoms with Gasteiger partial charge in [-0.15, -0.1) is 0 Å². The van der Waals surface area contributed by atoms with E-state index in [4.69, 9.17) is 5.73 Å². The van der Waals surface area contributed by atoms with Crippen molar-refractivity contribution in [2.75, 3.05) is 5.75 Å². The third kappa shape index (κ3) is 4.42. The van der Waals surface area contributed by atoms with E-state index >= 15 is 0 Å². The molecular formula is C14H23NO2S. The highest BCUT2D eigenvalue weighted by molar-refractivity contribution is 7.91. The van der Waals surface area contributed by atoms with E-state index in [2.05, 4.69) is 6.92 Å². The van der Waals surface area contributed by atoms with Crippen LogP contribution in [-0.4, -0.2) is 20.2 Å². The fourth-order valence-corrected chi connectivity index (χ4v) is 3.00. The van der Waals surface area contributed by atoms with Crippen molar-refractivity contribution < 1.29 is 8.42 Å². The maximum atomic E-state index is 11.7. The maximum absolute atomic E-state index is 11.7. The Labute approximate surface area is 110 Å². The van der Waals surface area contributed by atoms with Crippen LogP contribution >= 0.6 is 0 Å². The lowest BCUT2D eigenvalue weighted by atomic mass is 9.95. The van der Waals surface area contributed by atoms with Gasteiger partial charge in [0.2, 0.25) is 0 Å². The summed E-state index contributed by atoms with van der Waals surface area (Å²) in [5.41, 5.74) is 6.93. The number of hydrogen-bond donors (Lipinski definition) is 1. The second-order valence-corrected chi connectivity index (χ2v) is 7.35. The molecule has 0 fully saturated rings. The molecule has 2 atom stereocenters. The summed E-state index contributed by atoms with van der Waals surface area (Å²) in [6.07, 6.45) is 1.92. The van der Waals surface area contributed by atoms with Crippen molar-refractivity contribution in [1.82, 2.24) is 0 Å². The second kappa shape index (κ2) is 6.34. The Morgan fingerprint density at radius 3 is 2.17 bits per heavy atom. The number of benzene rings is 1. The van der Waals surface area contributed by atoms with Gasteiger partial charge < -0.3 is 5.73 Å². The minimum atomic E-state index is -3.08. The zero-order chi connectivity index (χ0) is 13.8. The van der Waals surface area contributed by atoms with E-state index in [0.717, 1.165) is 12.8 Å². The summed E-state index contributed by atoms with van der Waals surface area (Å²) in [6.45, 7) is 5.83. The molecule has 0 saturated heterocycles. The van der Waals surface area contributed by atoms with Gasteiger partial charge in [-0.2, -0.15) is 0 Å². The van der Waals surface area contributed by atoms with Crippen LogP contribution in [0.3, 0.4) is 0 Å². The lowest BCUT2D eigenvalue weighted by Crippen LogP contribution is -2.19. The first-order valence-corrected chi connectivity index (χ1v) is 8.07. The summed E-state index contributed by atoms with van der Waals surface area (Å²) in [7, 11) is -3.08. The van der Waals surface area contributed by atoms with Gasteiger partial charge in [0.05, 0.1) is 10.6 Å². The van der Waals surface area contributed by atoms with Crippen LogP contribution in [0.5, 0.6) is 0 Å². The van der Waals surface area contributed by atoms with Gasteiger partial charge in [-0.3, -0.25) is 0 Å². The van der Waals surface area contributed by atoms with Crippen molar-refractivity contribution in [2.45, 2.75) is 44.6 Å². The molecule has 18 heavy (non-hydrogen) atoms. The second-order valence-electron chi connectivity index (χ2n) is 5.07. The summed E-state index contributed by atoms with van der Waals surface area (Å²) in [5.74, 6) is 0.659. The zero-order valence-electron chi connectivity index (χ0n) is 11.4. The van der Waals surface area contributed by atoms with E-state index < -0.39 is 9.84 Å². The summed E-state index contributed by atoms with van der Waals surface area (Å²) >= 11 is 0. The lowest BCUT2D eigenvalue weighted by molar-refractivity contribution is 0.480. The molecular weight excluding hydrogens is 246 g/mol. The number of nitrogens with two attached hydrogens (primary N) is 1. The minimum absolute atomic E-state index is 0.146. The molecule has 1 rings (SSSR count). The van der Waals surface area contributed by atoms with Gasteiger partial charge in [-0.05, 0) is 43.4 Å². The van der Waals surface area contributed by atoms with Crippen molar-refractivity contribution >= 4 is 9.84 Å². The Morgan fingerprint density at radius 2 is 1.72 bits per heavy atom. The van der Waals surface area contributed by atoms with Gasteiger partial charge in [0.15, 0.2) is 9.84 Å². The molecule has 0 heterocycles. The van der Waals surface area contributed by atoms with Gasteiger partial charge >= 0.3 is 0 Å². The molecule has 0 bridgehead atoms. The molecule has 1 aromatic carbocycles. The first-order chi connectivity index (χ1) is 8.35. The normalized spacial score (nSPS) is 15.3. The van der Waals surface area contributed by atoms with Crippen LogP contribution in [0, 0.1) is 5.92 Å². The quantitative estimate of drug-likeness (QED) is 0.862. The van der Waals surface area contributed by atoms with Crippen molar-refractivity contribution in [3.8, 4) is 0 Å². The molecule has 0 aliphatic heterocycles. The Kier molecular flexibility index (Phi) is 5.35. The fraction of sp³-hybridized carbons (Fsp3) is 0.571. The van der Waals surface area contributed by atoms with Crippen LogP contribution < -0.4 is 5.73 Å². The molecule has 0 radical (unpaired) electrons. The summed E-state index contributed by atoms with van der Waals surface area (Å²) < 4.78 is 23.3. The van der Waals surface area contributed by atoms with Gasteiger partial charge in [0, 0.05) is 6.04 Å². The predicted octanol–water partition coefficient (Wildman–Crippen LogP) is 2.40. The van der Waals surface area contributed by atoms with E-state index in [0.29, 0.717) is 10.8 Å². The molecule has 2 unspecified atom stereocenters. The summed E-state index contributed by atoms with van der Waals surface area (Å²) in [6, 6.07) is 7.42. The van der Waals surface area contributed by atoms with Crippen molar-refractivity contribution in [2.24, 2.45) is 11.7 Å². The zero-order valence-corrected chi connectivity index (χ0v) is 12.2. The van der Waals surface area contributed by atoms with Crippen LogP contribution in [0.2, 0.25) is 0 Å². The Morgan fingerprint density at radius 1 is 1.17 bits per heavy atom. The van der Waals surface area contributed by atoms with Crippen molar-refractivity contribution in [3.63, 3.8) is 0 Å². The van der Waals surface area contributed by atoms with Gasteiger partial charge in [0.1, 0.15) is 0 Å². The van der Waals surface area contributed by atoms with Crippen LogP contribution in [0.1, 0.15) is 32.8 Å². The van der Waals surface area contributed by atoms with Gasteiger partial charge in [0.25, 0.3) is 0 Å². The number of rotatable bonds is 6. The number of hydrogen-bond acceptors (Lipinski definition) is 3. The Bertz CT molecular complexity index is 463. The van der Waals surface area contributed by atoms with E-state index in [-0.39, 0.29) is 11.8 Å². The summed E-state index contributed by atoms with van der Waals surface area (Å²) in [4.78, 5) is 0.411. The smallest absolute Gasteiger partial charge is 0.178 e. The topological polar surface area (TPSA) is 60.2 Å². The summed E-state index contributed by atoms with van der Waals surface area (Å²) in [5, 5.41) is 0. The molecule has 0 saturated carbocycles.